The van der Waals surface area contributed by atoms with Gasteiger partial charge in [-0.25, -0.2) is 18.9 Å². The number of hydrogen-bond donors (Lipinski definition) is 1. The minimum absolute atomic E-state index is 0.152. The second kappa shape index (κ2) is 8.48. The number of benzene rings is 1. The van der Waals surface area contributed by atoms with Crippen LogP contribution in [-0.4, -0.2) is 30.3 Å². The molecule has 3 aromatic rings. The Hall–Kier alpha value is -2.13. The van der Waals surface area contributed by atoms with Crippen LogP contribution in [0.4, 0.5) is 5.69 Å². The largest absolute Gasteiger partial charge is 0.350 e. The molecule has 1 amide bonds. The average Bonchev–Trinajstić information content (AvgIpc) is 2.99. The van der Waals surface area contributed by atoms with Crippen molar-refractivity contribution in [2.45, 2.75) is 48.9 Å². The van der Waals surface area contributed by atoms with Crippen LogP contribution in [-0.2, 0) is 11.3 Å². The molecule has 2 aromatic heterocycles. The van der Waals surface area contributed by atoms with E-state index in [-0.39, 0.29) is 18.1 Å². The molecular formula is C19H20BrN5O2S. The van der Waals surface area contributed by atoms with Crippen LogP contribution in [0, 0.1) is 0 Å². The van der Waals surface area contributed by atoms with Crippen LogP contribution in [0.1, 0.15) is 32.1 Å². The first-order chi connectivity index (χ1) is 13.6. The number of aromatic nitrogens is 4. The molecule has 9 heteroatoms. The predicted octanol–water partition coefficient (Wildman–Crippen LogP) is 3.72. The minimum atomic E-state index is -0.340. The molecule has 0 saturated heterocycles. The van der Waals surface area contributed by atoms with E-state index in [0.717, 1.165) is 22.3 Å². The molecule has 1 aliphatic carbocycles. The first kappa shape index (κ1) is 19.2. The highest BCUT2D eigenvalue weighted by molar-refractivity contribution is 9.10. The van der Waals surface area contributed by atoms with Gasteiger partial charge < -0.3 is 5.32 Å². The molecule has 146 valence electrons. The van der Waals surface area contributed by atoms with Gasteiger partial charge in [-0.3, -0.25) is 4.79 Å². The fourth-order valence-corrected chi connectivity index (χ4v) is 5.01. The summed E-state index contributed by atoms with van der Waals surface area (Å²) in [5, 5.41) is 8.43. The summed E-state index contributed by atoms with van der Waals surface area (Å²) in [5.41, 5.74) is 0.831. The Morgan fingerprint density at radius 1 is 1.29 bits per heavy atom. The molecular weight excluding hydrogens is 442 g/mol. The molecule has 1 aromatic carbocycles. The Balaban J connectivity index is 1.54. The molecule has 0 spiro atoms. The van der Waals surface area contributed by atoms with Gasteiger partial charge in [-0.05, 0) is 31.0 Å². The number of rotatable bonds is 5. The maximum absolute atomic E-state index is 12.7. The van der Waals surface area contributed by atoms with Gasteiger partial charge in [-0.1, -0.05) is 53.0 Å². The van der Waals surface area contributed by atoms with Crippen molar-refractivity contribution in [3.63, 3.8) is 0 Å². The summed E-state index contributed by atoms with van der Waals surface area (Å²) in [6.45, 7) is -0.152. The van der Waals surface area contributed by atoms with E-state index in [2.05, 4.69) is 31.3 Å². The van der Waals surface area contributed by atoms with Gasteiger partial charge in [0.25, 0.3) is 0 Å². The van der Waals surface area contributed by atoms with Crippen molar-refractivity contribution in [1.82, 2.24) is 19.2 Å². The van der Waals surface area contributed by atoms with Crippen molar-refractivity contribution >= 4 is 44.9 Å². The smallest absolute Gasteiger partial charge is 0.324 e. The average molecular weight is 462 g/mol. The van der Waals surface area contributed by atoms with Gasteiger partial charge in [-0.2, -0.15) is 0 Å². The van der Waals surface area contributed by atoms with Gasteiger partial charge >= 0.3 is 5.69 Å². The fourth-order valence-electron chi connectivity index (χ4n) is 3.36. The Labute approximate surface area is 174 Å². The van der Waals surface area contributed by atoms with Crippen molar-refractivity contribution in [3.05, 3.63) is 51.6 Å². The zero-order valence-corrected chi connectivity index (χ0v) is 17.6. The van der Waals surface area contributed by atoms with Crippen molar-refractivity contribution < 1.29 is 4.79 Å². The summed E-state index contributed by atoms with van der Waals surface area (Å²) in [6, 6.07) is 7.29. The summed E-state index contributed by atoms with van der Waals surface area (Å²) in [5.74, 6) is -0.307. The van der Waals surface area contributed by atoms with Crippen molar-refractivity contribution in [3.8, 4) is 0 Å². The number of amides is 1. The molecule has 1 fully saturated rings. The van der Waals surface area contributed by atoms with Crippen LogP contribution >= 0.6 is 27.7 Å². The third-order valence-corrected chi connectivity index (χ3v) is 6.51. The minimum Gasteiger partial charge on any atom is -0.324 e. The van der Waals surface area contributed by atoms with Crippen LogP contribution in [0.3, 0.4) is 0 Å². The number of carbonyl (C=O) groups excluding carboxylic acids is 1. The van der Waals surface area contributed by atoms with E-state index in [0.29, 0.717) is 16.6 Å². The van der Waals surface area contributed by atoms with E-state index >= 15 is 0 Å². The van der Waals surface area contributed by atoms with E-state index in [1.165, 1.54) is 28.3 Å². The molecule has 1 aliphatic rings. The fraction of sp³-hybridized carbons (Fsp3) is 0.368. The number of anilines is 1. The lowest BCUT2D eigenvalue weighted by Gasteiger charge is -2.20. The van der Waals surface area contributed by atoms with Crippen LogP contribution < -0.4 is 11.0 Å². The molecule has 1 N–H and O–H groups in total. The van der Waals surface area contributed by atoms with Gasteiger partial charge in [0.1, 0.15) is 11.6 Å². The Morgan fingerprint density at radius 2 is 2.11 bits per heavy atom. The number of fused-ring (bicyclic) bond motifs is 1. The van der Waals surface area contributed by atoms with E-state index in [4.69, 9.17) is 0 Å². The third kappa shape index (κ3) is 4.30. The lowest BCUT2D eigenvalue weighted by atomic mass is 10.0. The monoisotopic (exact) mass is 461 g/mol. The van der Waals surface area contributed by atoms with E-state index in [1.807, 2.05) is 12.1 Å². The number of nitrogens with zero attached hydrogens (tertiary/aromatic N) is 4. The summed E-state index contributed by atoms with van der Waals surface area (Å²) in [6.07, 6.45) is 9.29. The van der Waals surface area contributed by atoms with Gasteiger partial charge in [-0.15, -0.1) is 5.10 Å². The lowest BCUT2D eigenvalue weighted by molar-refractivity contribution is -0.117. The molecule has 0 bridgehead atoms. The number of halogens is 1. The first-order valence-electron chi connectivity index (χ1n) is 9.26. The lowest BCUT2D eigenvalue weighted by Crippen LogP contribution is -2.28. The third-order valence-electron chi connectivity index (χ3n) is 4.70. The van der Waals surface area contributed by atoms with Crippen LogP contribution in [0.25, 0.3) is 5.65 Å². The highest BCUT2D eigenvalue weighted by Gasteiger charge is 2.20. The van der Waals surface area contributed by atoms with Crippen LogP contribution in [0.5, 0.6) is 0 Å². The number of hydrogen-bond acceptors (Lipinski definition) is 5. The first-order valence-corrected chi connectivity index (χ1v) is 10.9. The number of carbonyl (C=O) groups is 1. The van der Waals surface area contributed by atoms with Crippen LogP contribution in [0.2, 0.25) is 0 Å². The van der Waals surface area contributed by atoms with Gasteiger partial charge in [0.2, 0.25) is 5.91 Å². The molecule has 4 rings (SSSR count). The van der Waals surface area contributed by atoms with E-state index in [1.54, 1.807) is 36.3 Å². The van der Waals surface area contributed by atoms with E-state index < -0.39 is 0 Å². The highest BCUT2D eigenvalue weighted by atomic mass is 79.9. The van der Waals surface area contributed by atoms with Crippen molar-refractivity contribution in [2.24, 2.45) is 0 Å². The predicted molar refractivity (Wildman–Crippen MR) is 113 cm³/mol. The van der Waals surface area contributed by atoms with Gasteiger partial charge in [0.15, 0.2) is 5.65 Å². The highest BCUT2D eigenvalue weighted by Crippen LogP contribution is 2.33. The Bertz CT molecular complexity index is 1060. The topological polar surface area (TPSA) is 81.3 Å². The molecule has 0 aliphatic heterocycles. The second-order valence-electron chi connectivity index (χ2n) is 6.80. The zero-order chi connectivity index (χ0) is 19.5. The molecule has 7 nitrogen and oxygen atoms in total. The zero-order valence-electron chi connectivity index (χ0n) is 15.2. The number of nitrogens with one attached hydrogen (secondary N) is 1. The van der Waals surface area contributed by atoms with Crippen molar-refractivity contribution in [1.29, 1.82) is 0 Å². The van der Waals surface area contributed by atoms with Gasteiger partial charge in [0.05, 0.1) is 0 Å². The molecule has 0 radical (unpaired) electrons. The van der Waals surface area contributed by atoms with Crippen LogP contribution in [0.15, 0.2) is 51.0 Å². The quantitative estimate of drug-likeness (QED) is 0.625. The Kier molecular flexibility index (Phi) is 5.82. The van der Waals surface area contributed by atoms with Gasteiger partial charge in [0, 0.05) is 27.8 Å². The summed E-state index contributed by atoms with van der Waals surface area (Å²) in [4.78, 5) is 29.5. The maximum atomic E-state index is 12.7. The number of thioether (sulfide) groups is 1. The standard InChI is InChI=1S/C19H20BrN5O2S/c20-13-5-4-6-14(11-13)22-16(26)12-25-19(27)24-10-9-21-18(17(24)23-25)28-15-7-2-1-3-8-15/h4-6,9-11,15H,1-3,7-8,12H2,(H,22,26). The maximum Gasteiger partial charge on any atom is 0.350 e. The Morgan fingerprint density at radius 3 is 2.89 bits per heavy atom. The second-order valence-corrected chi connectivity index (χ2v) is 9.01. The molecule has 28 heavy (non-hydrogen) atoms. The summed E-state index contributed by atoms with van der Waals surface area (Å²) in [7, 11) is 0. The van der Waals surface area contributed by atoms with E-state index in [9.17, 15) is 9.59 Å². The normalized spacial score (nSPS) is 15.0. The molecule has 0 atom stereocenters. The summed E-state index contributed by atoms with van der Waals surface area (Å²) >= 11 is 5.06. The molecule has 2 heterocycles. The summed E-state index contributed by atoms with van der Waals surface area (Å²) < 4.78 is 3.52. The molecule has 0 unspecified atom stereocenters. The SMILES string of the molecule is O=C(Cn1nc2c(SC3CCCCC3)nccn2c1=O)Nc1cccc(Br)c1. The van der Waals surface area contributed by atoms with Crippen molar-refractivity contribution in [2.75, 3.05) is 5.32 Å². The molecule has 1 saturated carbocycles.